The molecule has 0 aromatic heterocycles. The average Bonchev–Trinajstić information content (AvgIpc) is 2.82. The van der Waals surface area contributed by atoms with Crippen LogP contribution in [-0.2, 0) is 4.74 Å². The van der Waals surface area contributed by atoms with Crippen LogP contribution >= 0.6 is 24.0 Å². The molecule has 5 nitrogen and oxygen atoms in total. The molecule has 0 aromatic carbocycles. The van der Waals surface area contributed by atoms with Crippen LogP contribution in [0.15, 0.2) is 4.99 Å². The van der Waals surface area contributed by atoms with Gasteiger partial charge in [-0.15, -0.1) is 24.0 Å². The zero-order valence-corrected chi connectivity index (χ0v) is 18.1. The van der Waals surface area contributed by atoms with Crippen LogP contribution in [0.5, 0.6) is 0 Å². The first-order valence-electron chi connectivity index (χ1n) is 9.36. The van der Waals surface area contributed by atoms with E-state index in [4.69, 9.17) is 4.74 Å². The molecule has 2 rings (SSSR count). The molecule has 1 aliphatic carbocycles. The van der Waals surface area contributed by atoms with Crippen molar-refractivity contribution in [3.63, 3.8) is 0 Å². The number of rotatable bonds is 5. The lowest BCUT2D eigenvalue weighted by atomic mass is 9.88. The maximum absolute atomic E-state index is 5.43. The molecule has 2 aliphatic rings. The molecule has 0 unspecified atom stereocenters. The number of nitrogens with one attached hydrogen (secondary N) is 2. The highest BCUT2D eigenvalue weighted by molar-refractivity contribution is 14.0. The Kier molecular flexibility index (Phi) is 10.5. The second-order valence-corrected chi connectivity index (χ2v) is 7.40. The van der Waals surface area contributed by atoms with Gasteiger partial charge < -0.3 is 20.3 Å². The number of aliphatic imine (C=N–C) groups is 1. The van der Waals surface area contributed by atoms with Crippen molar-refractivity contribution >= 4 is 29.9 Å². The zero-order valence-electron chi connectivity index (χ0n) is 15.8. The van der Waals surface area contributed by atoms with E-state index in [0.29, 0.717) is 5.92 Å². The Balaban J connectivity index is 0.00000288. The number of hydrogen-bond donors (Lipinski definition) is 2. The summed E-state index contributed by atoms with van der Waals surface area (Å²) in [5.41, 5.74) is 0.271. The van der Waals surface area contributed by atoms with Crippen LogP contribution in [0.2, 0.25) is 0 Å². The quantitative estimate of drug-likeness (QED) is 0.292. The van der Waals surface area contributed by atoms with Gasteiger partial charge in [0, 0.05) is 38.9 Å². The first kappa shape index (κ1) is 22.0. The molecule has 0 spiro atoms. The van der Waals surface area contributed by atoms with E-state index in [-0.39, 0.29) is 29.5 Å². The lowest BCUT2D eigenvalue weighted by Gasteiger charge is -2.40. The van der Waals surface area contributed by atoms with Crippen molar-refractivity contribution in [3.8, 4) is 0 Å². The molecule has 142 valence electrons. The van der Waals surface area contributed by atoms with Gasteiger partial charge in [-0.1, -0.05) is 25.7 Å². The molecule has 0 bridgehead atoms. The summed E-state index contributed by atoms with van der Waals surface area (Å²) >= 11 is 0. The summed E-state index contributed by atoms with van der Waals surface area (Å²) in [5.74, 6) is 1.66. The fraction of sp³-hybridized carbons (Fsp3) is 0.944. The largest absolute Gasteiger partial charge is 0.381 e. The van der Waals surface area contributed by atoms with Gasteiger partial charge in [-0.25, -0.2) is 0 Å². The smallest absolute Gasteiger partial charge is 0.191 e. The zero-order chi connectivity index (χ0) is 16.5. The molecule has 6 heteroatoms. The molecule has 2 N–H and O–H groups in total. The topological polar surface area (TPSA) is 48.9 Å². The van der Waals surface area contributed by atoms with E-state index < -0.39 is 0 Å². The summed E-state index contributed by atoms with van der Waals surface area (Å²) in [4.78, 5) is 6.84. The van der Waals surface area contributed by atoms with Gasteiger partial charge in [-0.3, -0.25) is 4.99 Å². The second kappa shape index (κ2) is 11.5. The summed E-state index contributed by atoms with van der Waals surface area (Å²) < 4.78 is 5.43. The predicted molar refractivity (Wildman–Crippen MR) is 112 cm³/mol. The number of guanidine groups is 1. The molecular formula is C18H37IN4O. The molecule has 1 heterocycles. The maximum atomic E-state index is 5.43. The van der Waals surface area contributed by atoms with Crippen molar-refractivity contribution in [1.82, 2.24) is 15.5 Å². The van der Waals surface area contributed by atoms with E-state index in [0.717, 1.165) is 45.1 Å². The third-order valence-corrected chi connectivity index (χ3v) is 5.69. The maximum Gasteiger partial charge on any atom is 0.191 e. The van der Waals surface area contributed by atoms with Crippen LogP contribution in [0, 0.1) is 5.92 Å². The average molecular weight is 452 g/mol. The predicted octanol–water partition coefficient (Wildman–Crippen LogP) is 2.85. The van der Waals surface area contributed by atoms with E-state index in [9.17, 15) is 0 Å². The van der Waals surface area contributed by atoms with Gasteiger partial charge in [0.1, 0.15) is 0 Å². The van der Waals surface area contributed by atoms with Gasteiger partial charge >= 0.3 is 0 Å². The SMILES string of the molecule is CN=C(NCC1CCOCC1)NCC1(N(C)C)CCCCCC1.I. The van der Waals surface area contributed by atoms with Crippen molar-refractivity contribution in [2.24, 2.45) is 10.9 Å². The number of likely N-dealkylation sites (N-methyl/N-ethyl adjacent to an activating group) is 1. The fourth-order valence-electron chi connectivity index (χ4n) is 3.83. The van der Waals surface area contributed by atoms with Crippen LogP contribution in [0.25, 0.3) is 0 Å². The Hall–Kier alpha value is -0.0800. The van der Waals surface area contributed by atoms with Gasteiger partial charge in [0.25, 0.3) is 0 Å². The van der Waals surface area contributed by atoms with E-state index in [2.05, 4.69) is 34.6 Å². The third-order valence-electron chi connectivity index (χ3n) is 5.69. The minimum Gasteiger partial charge on any atom is -0.381 e. The van der Waals surface area contributed by atoms with Gasteiger partial charge in [-0.05, 0) is 45.7 Å². The highest BCUT2D eigenvalue weighted by Crippen LogP contribution is 2.30. The molecule has 1 aliphatic heterocycles. The summed E-state index contributed by atoms with van der Waals surface area (Å²) in [6.45, 7) is 3.79. The van der Waals surface area contributed by atoms with Gasteiger partial charge in [0.15, 0.2) is 5.96 Å². The Bertz CT molecular complexity index is 362. The van der Waals surface area contributed by atoms with Crippen LogP contribution in [-0.4, -0.2) is 63.8 Å². The molecule has 1 saturated heterocycles. The van der Waals surface area contributed by atoms with E-state index in [1.807, 2.05) is 7.05 Å². The van der Waals surface area contributed by atoms with Crippen LogP contribution in [0.1, 0.15) is 51.4 Å². The minimum atomic E-state index is 0. The minimum absolute atomic E-state index is 0. The van der Waals surface area contributed by atoms with Crippen molar-refractivity contribution in [2.75, 3.05) is 47.4 Å². The molecule has 0 aromatic rings. The molecule has 24 heavy (non-hydrogen) atoms. The summed E-state index contributed by atoms with van der Waals surface area (Å²) in [5, 5.41) is 7.11. The van der Waals surface area contributed by atoms with E-state index >= 15 is 0 Å². The lowest BCUT2D eigenvalue weighted by molar-refractivity contribution is 0.0675. The number of ether oxygens (including phenoxy) is 1. The first-order valence-corrected chi connectivity index (χ1v) is 9.36. The molecule has 0 radical (unpaired) electrons. The normalized spacial score (nSPS) is 22.6. The Labute approximate surface area is 165 Å². The lowest BCUT2D eigenvalue weighted by Crippen LogP contribution is -2.54. The summed E-state index contributed by atoms with van der Waals surface area (Å²) in [7, 11) is 6.32. The van der Waals surface area contributed by atoms with Crippen molar-refractivity contribution in [3.05, 3.63) is 0 Å². The Morgan fingerprint density at radius 1 is 1.08 bits per heavy atom. The van der Waals surface area contributed by atoms with Crippen LogP contribution in [0.3, 0.4) is 0 Å². The molecule has 1 saturated carbocycles. The van der Waals surface area contributed by atoms with Crippen molar-refractivity contribution in [2.45, 2.75) is 56.9 Å². The fourth-order valence-corrected chi connectivity index (χ4v) is 3.83. The first-order chi connectivity index (χ1) is 11.2. The van der Waals surface area contributed by atoms with Crippen molar-refractivity contribution in [1.29, 1.82) is 0 Å². The van der Waals surface area contributed by atoms with Crippen LogP contribution < -0.4 is 10.6 Å². The molecule has 2 fully saturated rings. The monoisotopic (exact) mass is 452 g/mol. The summed E-state index contributed by atoms with van der Waals surface area (Å²) in [6.07, 6.45) is 10.3. The van der Waals surface area contributed by atoms with Gasteiger partial charge in [0.2, 0.25) is 0 Å². The standard InChI is InChI=1S/C18H36N4O.HI/c1-19-17(20-14-16-8-12-23-13-9-16)21-15-18(22(2)3)10-6-4-5-7-11-18;/h16H,4-15H2,1-3H3,(H2,19,20,21);1H. The molecular weight excluding hydrogens is 415 g/mol. The van der Waals surface area contributed by atoms with Gasteiger partial charge in [-0.2, -0.15) is 0 Å². The Morgan fingerprint density at radius 2 is 1.71 bits per heavy atom. The highest BCUT2D eigenvalue weighted by Gasteiger charge is 2.33. The van der Waals surface area contributed by atoms with Crippen LogP contribution in [0.4, 0.5) is 0 Å². The number of nitrogens with zero attached hydrogens (tertiary/aromatic N) is 2. The third kappa shape index (κ3) is 6.67. The number of halogens is 1. The highest BCUT2D eigenvalue weighted by atomic mass is 127. The second-order valence-electron chi connectivity index (χ2n) is 7.40. The molecule has 0 amide bonds. The van der Waals surface area contributed by atoms with E-state index in [1.54, 1.807) is 0 Å². The number of hydrogen-bond acceptors (Lipinski definition) is 3. The van der Waals surface area contributed by atoms with Gasteiger partial charge in [0.05, 0.1) is 0 Å². The summed E-state index contributed by atoms with van der Waals surface area (Å²) in [6, 6.07) is 0. The molecule has 0 atom stereocenters. The van der Waals surface area contributed by atoms with E-state index in [1.165, 1.54) is 38.5 Å². The van der Waals surface area contributed by atoms with Crippen molar-refractivity contribution < 1.29 is 4.74 Å². The Morgan fingerprint density at radius 3 is 2.25 bits per heavy atom.